The van der Waals surface area contributed by atoms with Crippen LogP contribution in [-0.4, -0.2) is 45.7 Å². The van der Waals surface area contributed by atoms with Crippen molar-refractivity contribution in [3.63, 3.8) is 0 Å². The molecule has 19 heavy (non-hydrogen) atoms. The Hall–Kier alpha value is -0.810. The molecule has 5 nitrogen and oxygen atoms in total. The second-order valence-electron chi connectivity index (χ2n) is 6.92. The van der Waals surface area contributed by atoms with E-state index in [2.05, 4.69) is 0 Å². The van der Waals surface area contributed by atoms with E-state index in [4.69, 9.17) is 4.74 Å². The summed E-state index contributed by atoms with van der Waals surface area (Å²) < 4.78 is 5.34. The number of nitrogens with zero attached hydrogens (tertiary/aromatic N) is 1. The number of amides is 1. The summed E-state index contributed by atoms with van der Waals surface area (Å²) in [5, 5.41) is 20.2. The van der Waals surface area contributed by atoms with Crippen molar-refractivity contribution >= 4 is 6.09 Å². The van der Waals surface area contributed by atoms with Gasteiger partial charge in [-0.1, -0.05) is 0 Å². The highest BCUT2D eigenvalue weighted by atomic mass is 16.6. The molecule has 0 aromatic heterocycles. The van der Waals surface area contributed by atoms with Gasteiger partial charge in [0.05, 0.1) is 0 Å². The molecule has 0 aromatic rings. The third kappa shape index (κ3) is 2.87. The minimum absolute atomic E-state index is 0.304. The lowest BCUT2D eigenvalue weighted by molar-refractivity contribution is -0.237. The Morgan fingerprint density at radius 2 is 1.68 bits per heavy atom. The number of carbonyl (C=O) groups excluding carboxylic acids is 1. The Morgan fingerprint density at radius 3 is 2.11 bits per heavy atom. The van der Waals surface area contributed by atoms with Crippen LogP contribution < -0.4 is 0 Å². The van der Waals surface area contributed by atoms with Gasteiger partial charge in [0.15, 0.2) is 5.79 Å². The predicted molar refractivity (Wildman–Crippen MR) is 70.5 cm³/mol. The number of aliphatic hydroxyl groups is 2. The largest absolute Gasteiger partial charge is 0.444 e. The fourth-order valence-corrected chi connectivity index (χ4v) is 3.23. The van der Waals surface area contributed by atoms with E-state index in [1.54, 1.807) is 4.90 Å². The summed E-state index contributed by atoms with van der Waals surface area (Å²) in [6.07, 6.45) is 3.10. The number of likely N-dealkylation sites (tertiary alicyclic amines) is 1. The topological polar surface area (TPSA) is 70.0 Å². The molecule has 1 aliphatic carbocycles. The van der Waals surface area contributed by atoms with Gasteiger partial charge in [-0.2, -0.15) is 0 Å². The molecule has 1 heterocycles. The van der Waals surface area contributed by atoms with E-state index in [1.165, 1.54) is 0 Å². The van der Waals surface area contributed by atoms with Crippen LogP contribution in [0.3, 0.4) is 0 Å². The maximum atomic E-state index is 12.0. The molecule has 0 atom stereocenters. The maximum Gasteiger partial charge on any atom is 0.410 e. The normalized spacial score (nSPS) is 25.6. The second-order valence-corrected chi connectivity index (χ2v) is 6.92. The van der Waals surface area contributed by atoms with Gasteiger partial charge in [-0.3, -0.25) is 0 Å². The van der Waals surface area contributed by atoms with Gasteiger partial charge >= 0.3 is 6.09 Å². The summed E-state index contributed by atoms with van der Waals surface area (Å²) in [4.78, 5) is 13.6. The van der Waals surface area contributed by atoms with Gasteiger partial charge < -0.3 is 19.8 Å². The lowest BCUT2D eigenvalue weighted by atomic mass is 9.73. The summed E-state index contributed by atoms with van der Waals surface area (Å²) in [5.41, 5.74) is -0.914. The summed E-state index contributed by atoms with van der Waals surface area (Å²) in [5.74, 6) is -1.56. The first kappa shape index (κ1) is 14.6. The fraction of sp³-hybridized carbons (Fsp3) is 0.929. The van der Waals surface area contributed by atoms with Crippen molar-refractivity contribution in [2.75, 3.05) is 13.1 Å². The molecule has 1 amide bonds. The zero-order valence-corrected chi connectivity index (χ0v) is 12.1. The molecular formula is C14H25NO4. The Balaban J connectivity index is 1.94. The van der Waals surface area contributed by atoms with E-state index in [0.29, 0.717) is 32.4 Å². The van der Waals surface area contributed by atoms with Gasteiger partial charge in [-0.15, -0.1) is 0 Å². The van der Waals surface area contributed by atoms with E-state index < -0.39 is 16.8 Å². The van der Waals surface area contributed by atoms with Gasteiger partial charge in [0.2, 0.25) is 0 Å². The summed E-state index contributed by atoms with van der Waals surface area (Å²) in [6.45, 7) is 6.62. The predicted octanol–water partition coefficient (Wildman–Crippen LogP) is 1.87. The average molecular weight is 271 g/mol. The number of carbonyl (C=O) groups is 1. The molecule has 1 saturated heterocycles. The SMILES string of the molecule is CC(C)(C)OC(=O)N1CCC2(CCCC2(O)O)CC1. The summed E-state index contributed by atoms with van der Waals surface area (Å²) in [6, 6.07) is 0. The molecule has 0 radical (unpaired) electrons. The minimum Gasteiger partial charge on any atom is -0.444 e. The molecule has 1 aliphatic heterocycles. The van der Waals surface area contributed by atoms with E-state index in [9.17, 15) is 15.0 Å². The first-order valence-electron chi connectivity index (χ1n) is 7.08. The Bertz CT molecular complexity index is 351. The molecule has 2 fully saturated rings. The van der Waals surface area contributed by atoms with Crippen molar-refractivity contribution in [2.24, 2.45) is 5.41 Å². The summed E-state index contributed by atoms with van der Waals surface area (Å²) in [7, 11) is 0. The second kappa shape index (κ2) is 4.63. The quantitative estimate of drug-likeness (QED) is 0.660. The van der Waals surface area contributed by atoms with Gasteiger partial charge in [0, 0.05) is 24.9 Å². The van der Waals surface area contributed by atoms with E-state index in [0.717, 1.165) is 12.8 Å². The van der Waals surface area contributed by atoms with E-state index in [1.807, 2.05) is 20.8 Å². The molecule has 5 heteroatoms. The van der Waals surface area contributed by atoms with Gasteiger partial charge in [0.25, 0.3) is 0 Å². The Labute approximate surface area is 114 Å². The third-order valence-electron chi connectivity index (χ3n) is 4.40. The Kier molecular flexibility index (Phi) is 3.56. The molecule has 0 aromatic carbocycles. The molecule has 0 bridgehead atoms. The van der Waals surface area contributed by atoms with Crippen LogP contribution in [0.15, 0.2) is 0 Å². The van der Waals surface area contributed by atoms with Crippen molar-refractivity contribution in [3.8, 4) is 0 Å². The molecular weight excluding hydrogens is 246 g/mol. The molecule has 2 rings (SSSR count). The van der Waals surface area contributed by atoms with Gasteiger partial charge in [-0.05, 0) is 46.5 Å². The van der Waals surface area contributed by atoms with Crippen LogP contribution in [0.5, 0.6) is 0 Å². The smallest absolute Gasteiger partial charge is 0.410 e. The molecule has 0 unspecified atom stereocenters. The van der Waals surface area contributed by atoms with Crippen LogP contribution in [-0.2, 0) is 4.74 Å². The maximum absolute atomic E-state index is 12.0. The molecule has 2 aliphatic rings. The lowest BCUT2D eigenvalue weighted by Gasteiger charge is -2.45. The molecule has 1 spiro atoms. The van der Waals surface area contributed by atoms with Crippen molar-refractivity contribution in [1.29, 1.82) is 0 Å². The van der Waals surface area contributed by atoms with Crippen LogP contribution in [0.25, 0.3) is 0 Å². The van der Waals surface area contributed by atoms with E-state index in [-0.39, 0.29) is 6.09 Å². The minimum atomic E-state index is -1.56. The molecule has 2 N–H and O–H groups in total. The fourth-order valence-electron chi connectivity index (χ4n) is 3.23. The summed E-state index contributed by atoms with van der Waals surface area (Å²) >= 11 is 0. The lowest BCUT2D eigenvalue weighted by Crippen LogP contribution is -2.52. The Morgan fingerprint density at radius 1 is 1.11 bits per heavy atom. The first-order valence-corrected chi connectivity index (χ1v) is 7.08. The third-order valence-corrected chi connectivity index (χ3v) is 4.40. The molecule has 1 saturated carbocycles. The van der Waals surface area contributed by atoms with Gasteiger partial charge in [0.1, 0.15) is 5.60 Å². The first-order chi connectivity index (χ1) is 8.65. The van der Waals surface area contributed by atoms with Crippen molar-refractivity contribution < 1.29 is 19.7 Å². The van der Waals surface area contributed by atoms with Crippen LogP contribution >= 0.6 is 0 Å². The number of piperidine rings is 1. The van der Waals surface area contributed by atoms with Gasteiger partial charge in [-0.25, -0.2) is 4.79 Å². The average Bonchev–Trinajstić information content (AvgIpc) is 2.53. The zero-order valence-electron chi connectivity index (χ0n) is 12.1. The highest BCUT2D eigenvalue weighted by Gasteiger charge is 2.54. The van der Waals surface area contributed by atoms with Crippen LogP contribution in [0, 0.1) is 5.41 Å². The molecule has 110 valence electrons. The van der Waals surface area contributed by atoms with Crippen molar-refractivity contribution in [2.45, 2.75) is 64.3 Å². The number of ether oxygens (including phenoxy) is 1. The number of rotatable bonds is 0. The van der Waals surface area contributed by atoms with Crippen molar-refractivity contribution in [1.82, 2.24) is 4.90 Å². The number of hydrogen-bond donors (Lipinski definition) is 2. The van der Waals surface area contributed by atoms with Crippen LogP contribution in [0.2, 0.25) is 0 Å². The van der Waals surface area contributed by atoms with Crippen LogP contribution in [0.4, 0.5) is 4.79 Å². The standard InChI is InChI=1S/C14H25NO4/c1-12(2,3)19-11(16)15-9-7-13(8-10-15)5-4-6-14(13,17)18/h17-18H,4-10H2,1-3H3. The van der Waals surface area contributed by atoms with Crippen molar-refractivity contribution in [3.05, 3.63) is 0 Å². The van der Waals surface area contributed by atoms with Crippen LogP contribution in [0.1, 0.15) is 52.9 Å². The number of hydrogen-bond acceptors (Lipinski definition) is 4. The van der Waals surface area contributed by atoms with E-state index >= 15 is 0 Å². The monoisotopic (exact) mass is 271 g/mol. The zero-order chi connectivity index (χ0) is 14.3. The highest BCUT2D eigenvalue weighted by molar-refractivity contribution is 5.68. The highest BCUT2D eigenvalue weighted by Crippen LogP contribution is 2.51.